The largest absolute Gasteiger partial charge is 0.371 e. The van der Waals surface area contributed by atoms with Crippen LogP contribution in [0.5, 0.6) is 0 Å². The summed E-state index contributed by atoms with van der Waals surface area (Å²) < 4.78 is 0. The molecule has 1 saturated heterocycles. The molecule has 2 amide bonds. The zero-order valence-electron chi connectivity index (χ0n) is 13.1. The minimum atomic E-state index is -0.433. The second-order valence-electron chi connectivity index (χ2n) is 5.38. The first-order chi connectivity index (χ1) is 11.1. The molecule has 0 saturated carbocycles. The van der Waals surface area contributed by atoms with Crippen molar-refractivity contribution in [2.75, 3.05) is 24.6 Å². The fourth-order valence-electron chi connectivity index (χ4n) is 2.84. The van der Waals surface area contributed by atoms with Crippen molar-refractivity contribution in [2.24, 2.45) is 0 Å². The van der Waals surface area contributed by atoms with Crippen molar-refractivity contribution in [1.82, 2.24) is 15.9 Å². The highest BCUT2D eigenvalue weighted by Gasteiger charge is 2.40. The van der Waals surface area contributed by atoms with Crippen LogP contribution in [0, 0.1) is 0 Å². The predicted octanol–water partition coefficient (Wildman–Crippen LogP) is 1.54. The van der Waals surface area contributed by atoms with Gasteiger partial charge in [0.15, 0.2) is 0 Å². The normalized spacial score (nSPS) is 20.3. The molecule has 1 fully saturated rings. The van der Waals surface area contributed by atoms with Gasteiger partial charge in [-0.05, 0) is 26.0 Å². The Morgan fingerprint density at radius 2 is 2.09 bits per heavy atom. The number of anilines is 1. The highest BCUT2D eigenvalue weighted by Crippen LogP contribution is 2.36. The lowest BCUT2D eigenvalue weighted by Gasteiger charge is -2.23. The molecule has 124 valence electrons. The van der Waals surface area contributed by atoms with Gasteiger partial charge in [-0.3, -0.25) is 9.59 Å². The molecule has 2 N–H and O–H groups in total. The molecular weight excluding hydrogens is 320 g/mol. The van der Waals surface area contributed by atoms with E-state index in [0.29, 0.717) is 23.6 Å². The SMILES string of the molecule is CCN(CC)c1ccc2c(c1Cl)C(=O)N(NC1CCON1)C2=O. The molecule has 1 atom stereocenters. The molecule has 0 aliphatic carbocycles. The van der Waals surface area contributed by atoms with E-state index in [1.165, 1.54) is 0 Å². The molecule has 2 aliphatic heterocycles. The number of carbonyl (C=O) groups excluding carboxylic acids is 2. The quantitative estimate of drug-likeness (QED) is 0.793. The molecule has 0 radical (unpaired) electrons. The Kier molecular flexibility index (Phi) is 4.54. The highest BCUT2D eigenvalue weighted by molar-refractivity contribution is 6.39. The van der Waals surface area contributed by atoms with Crippen molar-refractivity contribution in [3.63, 3.8) is 0 Å². The van der Waals surface area contributed by atoms with Gasteiger partial charge in [0, 0.05) is 19.5 Å². The Morgan fingerprint density at radius 3 is 2.70 bits per heavy atom. The zero-order valence-corrected chi connectivity index (χ0v) is 13.8. The number of benzene rings is 1. The topological polar surface area (TPSA) is 73.9 Å². The second-order valence-corrected chi connectivity index (χ2v) is 5.75. The summed E-state index contributed by atoms with van der Waals surface area (Å²) >= 11 is 6.44. The van der Waals surface area contributed by atoms with E-state index in [-0.39, 0.29) is 11.7 Å². The van der Waals surface area contributed by atoms with Crippen LogP contribution in [0.4, 0.5) is 5.69 Å². The van der Waals surface area contributed by atoms with Gasteiger partial charge in [-0.15, -0.1) is 0 Å². The number of halogens is 1. The average molecular weight is 339 g/mol. The van der Waals surface area contributed by atoms with Crippen LogP contribution in [0.3, 0.4) is 0 Å². The number of rotatable bonds is 5. The molecule has 0 spiro atoms. The van der Waals surface area contributed by atoms with Crippen LogP contribution in [0.1, 0.15) is 41.0 Å². The van der Waals surface area contributed by atoms with Gasteiger partial charge in [-0.1, -0.05) is 11.6 Å². The first kappa shape index (κ1) is 16.2. The molecule has 3 rings (SSSR count). The zero-order chi connectivity index (χ0) is 16.6. The number of hydrazine groups is 1. The molecule has 7 nitrogen and oxygen atoms in total. The molecule has 8 heteroatoms. The standard InChI is InChI=1S/C15H19ClN4O3/c1-3-19(4-2)10-6-5-9-12(13(10)16)15(22)20(14(9)21)17-11-7-8-23-18-11/h5-6,11,17-18H,3-4,7-8H2,1-2H3. The second kappa shape index (κ2) is 6.45. The van der Waals surface area contributed by atoms with E-state index in [0.717, 1.165) is 23.8 Å². The number of amides is 2. The average Bonchev–Trinajstić information content (AvgIpc) is 3.14. The van der Waals surface area contributed by atoms with Gasteiger partial charge in [0.05, 0.1) is 28.4 Å². The fraction of sp³-hybridized carbons (Fsp3) is 0.467. The Morgan fingerprint density at radius 1 is 1.35 bits per heavy atom. The van der Waals surface area contributed by atoms with Gasteiger partial charge in [0.25, 0.3) is 11.8 Å². The number of fused-ring (bicyclic) bond motifs is 1. The van der Waals surface area contributed by atoms with Crippen molar-refractivity contribution in [1.29, 1.82) is 0 Å². The Hall–Kier alpha value is -1.67. The van der Waals surface area contributed by atoms with E-state index in [4.69, 9.17) is 16.4 Å². The number of hydrogen-bond donors (Lipinski definition) is 2. The number of hydrogen-bond acceptors (Lipinski definition) is 6. The number of nitrogens with zero attached hydrogens (tertiary/aromatic N) is 2. The lowest BCUT2D eigenvalue weighted by Crippen LogP contribution is -2.51. The van der Waals surface area contributed by atoms with Gasteiger partial charge in [0.2, 0.25) is 0 Å². The summed E-state index contributed by atoms with van der Waals surface area (Å²) in [6.07, 6.45) is 0.379. The predicted molar refractivity (Wildman–Crippen MR) is 86.1 cm³/mol. The van der Waals surface area contributed by atoms with E-state index in [1.54, 1.807) is 12.1 Å². The van der Waals surface area contributed by atoms with Gasteiger partial charge in [-0.2, -0.15) is 5.48 Å². The fourth-order valence-corrected chi connectivity index (χ4v) is 3.21. The number of imide groups is 1. The van der Waals surface area contributed by atoms with Gasteiger partial charge >= 0.3 is 0 Å². The monoisotopic (exact) mass is 338 g/mol. The highest BCUT2D eigenvalue weighted by atomic mass is 35.5. The number of nitrogens with one attached hydrogen (secondary N) is 2. The summed E-state index contributed by atoms with van der Waals surface area (Å²) in [5.74, 6) is -0.829. The van der Waals surface area contributed by atoms with Crippen LogP contribution in [0.2, 0.25) is 5.02 Å². The van der Waals surface area contributed by atoms with Crippen molar-refractivity contribution >= 4 is 29.1 Å². The van der Waals surface area contributed by atoms with Gasteiger partial charge < -0.3 is 9.74 Å². The van der Waals surface area contributed by atoms with Crippen molar-refractivity contribution in [3.05, 3.63) is 28.3 Å². The lowest BCUT2D eigenvalue weighted by atomic mass is 10.1. The summed E-state index contributed by atoms with van der Waals surface area (Å²) in [6, 6.07) is 3.45. The molecular formula is C15H19ClN4O3. The van der Waals surface area contributed by atoms with Gasteiger partial charge in [-0.25, -0.2) is 10.4 Å². The van der Waals surface area contributed by atoms with Gasteiger partial charge in [0.1, 0.15) is 6.17 Å². The minimum Gasteiger partial charge on any atom is -0.371 e. The first-order valence-corrected chi connectivity index (χ1v) is 8.06. The van der Waals surface area contributed by atoms with Crippen molar-refractivity contribution in [3.8, 4) is 0 Å². The Balaban J connectivity index is 1.93. The lowest BCUT2D eigenvalue weighted by molar-refractivity contribution is 0.0403. The smallest absolute Gasteiger partial charge is 0.277 e. The maximum Gasteiger partial charge on any atom is 0.277 e. The molecule has 1 aromatic carbocycles. The summed E-state index contributed by atoms with van der Waals surface area (Å²) in [6.45, 7) is 6.08. The first-order valence-electron chi connectivity index (χ1n) is 7.68. The summed E-state index contributed by atoms with van der Waals surface area (Å²) in [4.78, 5) is 32.2. The third-order valence-corrected chi connectivity index (χ3v) is 4.48. The maximum atomic E-state index is 12.6. The molecule has 0 aromatic heterocycles. The van der Waals surface area contributed by atoms with Crippen LogP contribution in [0.25, 0.3) is 0 Å². The summed E-state index contributed by atoms with van der Waals surface area (Å²) in [5.41, 5.74) is 6.91. The van der Waals surface area contributed by atoms with Crippen LogP contribution in [-0.2, 0) is 4.84 Å². The number of carbonyl (C=O) groups is 2. The molecule has 2 aliphatic rings. The van der Waals surface area contributed by atoms with Crippen LogP contribution < -0.4 is 15.8 Å². The third-order valence-electron chi connectivity index (χ3n) is 4.10. The Bertz CT molecular complexity index is 642. The Labute approximate surface area is 139 Å². The molecule has 2 heterocycles. The van der Waals surface area contributed by atoms with Crippen LogP contribution >= 0.6 is 11.6 Å². The third kappa shape index (κ3) is 2.70. The molecule has 0 bridgehead atoms. The molecule has 23 heavy (non-hydrogen) atoms. The van der Waals surface area contributed by atoms with Crippen molar-refractivity contribution < 1.29 is 14.4 Å². The van der Waals surface area contributed by atoms with E-state index in [2.05, 4.69) is 10.9 Å². The van der Waals surface area contributed by atoms with E-state index in [1.807, 2.05) is 18.7 Å². The molecule has 1 aromatic rings. The maximum absolute atomic E-state index is 12.6. The summed E-state index contributed by atoms with van der Waals surface area (Å²) in [5, 5.41) is 1.33. The van der Waals surface area contributed by atoms with E-state index >= 15 is 0 Å². The van der Waals surface area contributed by atoms with Crippen LogP contribution in [0.15, 0.2) is 12.1 Å². The van der Waals surface area contributed by atoms with Crippen LogP contribution in [-0.4, -0.2) is 42.7 Å². The minimum absolute atomic E-state index is 0.257. The number of hydroxylamine groups is 1. The van der Waals surface area contributed by atoms with E-state index < -0.39 is 11.8 Å². The molecule has 1 unspecified atom stereocenters. The van der Waals surface area contributed by atoms with Crippen molar-refractivity contribution in [2.45, 2.75) is 26.4 Å². The van der Waals surface area contributed by atoms with E-state index in [9.17, 15) is 9.59 Å². The summed E-state index contributed by atoms with van der Waals surface area (Å²) in [7, 11) is 0.